The minimum Gasteiger partial charge on any atom is -0.456 e. The Kier molecular flexibility index (Phi) is 10.2. The molecule has 0 amide bonds. The average molecular weight is 573 g/mol. The monoisotopic (exact) mass is 572 g/mol. The number of carbonyl (C=O) groups excluding carboxylic acids is 1. The fourth-order valence-electron chi connectivity index (χ4n) is 4.24. The zero-order valence-electron chi connectivity index (χ0n) is 21.8. The van der Waals surface area contributed by atoms with E-state index in [4.69, 9.17) is 23.1 Å². The van der Waals surface area contributed by atoms with Crippen LogP contribution >= 0.6 is 11.8 Å². The summed E-state index contributed by atoms with van der Waals surface area (Å²) in [6, 6.07) is 28.6. The molecule has 1 fully saturated rings. The van der Waals surface area contributed by atoms with Crippen LogP contribution in [0.4, 0.5) is 0 Å². The first-order valence-electron chi connectivity index (χ1n) is 12.4. The maximum Gasteiger partial charge on any atom is 0.303 e. The highest BCUT2D eigenvalue weighted by atomic mass is 32.2. The normalized spacial score (nSPS) is 23.0. The molecule has 0 radical (unpaired) electrons. The van der Waals surface area contributed by atoms with Crippen molar-refractivity contribution >= 4 is 27.8 Å². The Balaban J connectivity index is 1.68. The molecule has 3 aromatic rings. The smallest absolute Gasteiger partial charge is 0.303 e. The van der Waals surface area contributed by atoms with Crippen molar-refractivity contribution in [2.24, 2.45) is 0 Å². The molecule has 0 aromatic heterocycles. The maximum atomic E-state index is 12.2. The quantitative estimate of drug-likeness (QED) is 0.215. The van der Waals surface area contributed by atoms with Crippen molar-refractivity contribution in [3.8, 4) is 0 Å². The molecule has 208 valence electrons. The molecule has 1 saturated heterocycles. The number of hydrogen-bond acceptors (Lipinski definition) is 9. The number of ether oxygens (including phenoxy) is 4. The third kappa shape index (κ3) is 8.63. The van der Waals surface area contributed by atoms with Crippen molar-refractivity contribution in [2.75, 3.05) is 19.5 Å². The van der Waals surface area contributed by atoms with E-state index in [0.29, 0.717) is 0 Å². The molecule has 1 heterocycles. The van der Waals surface area contributed by atoms with Crippen LogP contribution in [0.5, 0.6) is 0 Å². The van der Waals surface area contributed by atoms with E-state index in [2.05, 4.69) is 0 Å². The highest BCUT2D eigenvalue weighted by Crippen LogP contribution is 2.43. The second kappa shape index (κ2) is 13.6. The van der Waals surface area contributed by atoms with Gasteiger partial charge in [-0.05, 0) is 23.3 Å². The predicted octanol–water partition coefficient (Wildman–Crippen LogP) is 4.58. The molecule has 0 saturated carbocycles. The molecule has 10 heteroatoms. The van der Waals surface area contributed by atoms with E-state index in [9.17, 15) is 13.2 Å². The Hall–Kier alpha value is -2.73. The van der Waals surface area contributed by atoms with Gasteiger partial charge in [0.25, 0.3) is 10.1 Å². The van der Waals surface area contributed by atoms with Crippen LogP contribution < -0.4 is 0 Å². The molecular formula is C29H32O8S2. The summed E-state index contributed by atoms with van der Waals surface area (Å²) in [5.74, 6) is -0.513. The number of esters is 1. The first-order valence-corrected chi connectivity index (χ1v) is 15.1. The minimum absolute atomic E-state index is 0.0690. The van der Waals surface area contributed by atoms with Crippen LogP contribution in [0.3, 0.4) is 0 Å². The average Bonchev–Trinajstić information content (AvgIpc) is 3.19. The lowest BCUT2D eigenvalue weighted by Gasteiger charge is -2.34. The topological polar surface area (TPSA) is 97.4 Å². The molecular weight excluding hydrogens is 540 g/mol. The molecule has 8 nitrogen and oxygen atoms in total. The lowest BCUT2D eigenvalue weighted by Crippen LogP contribution is -2.53. The Labute approximate surface area is 233 Å². The Morgan fingerprint density at radius 3 is 2.00 bits per heavy atom. The van der Waals surface area contributed by atoms with Gasteiger partial charge < -0.3 is 18.9 Å². The summed E-state index contributed by atoms with van der Waals surface area (Å²) < 4.78 is 54.3. The van der Waals surface area contributed by atoms with Crippen LogP contribution in [0.25, 0.3) is 0 Å². The Bertz CT molecular complexity index is 1290. The van der Waals surface area contributed by atoms with Gasteiger partial charge in [0.2, 0.25) is 0 Å². The van der Waals surface area contributed by atoms with Crippen LogP contribution in [-0.4, -0.2) is 57.1 Å². The minimum atomic E-state index is -3.84. The van der Waals surface area contributed by atoms with Crippen LogP contribution in [0, 0.1) is 0 Å². The maximum absolute atomic E-state index is 12.2. The van der Waals surface area contributed by atoms with Crippen molar-refractivity contribution in [2.45, 2.75) is 48.3 Å². The van der Waals surface area contributed by atoms with Crippen molar-refractivity contribution in [3.05, 3.63) is 102 Å². The molecule has 0 unspecified atom stereocenters. The van der Waals surface area contributed by atoms with Gasteiger partial charge in [0.05, 0.1) is 26.1 Å². The van der Waals surface area contributed by atoms with Crippen molar-refractivity contribution in [3.63, 3.8) is 0 Å². The zero-order chi connectivity index (χ0) is 27.7. The summed E-state index contributed by atoms with van der Waals surface area (Å²) in [5, 5.41) is 0. The van der Waals surface area contributed by atoms with E-state index in [-0.39, 0.29) is 26.4 Å². The van der Waals surface area contributed by atoms with Crippen molar-refractivity contribution in [1.29, 1.82) is 0 Å². The number of carbonyl (C=O) groups is 1. The van der Waals surface area contributed by atoms with E-state index < -0.39 is 39.3 Å². The number of rotatable bonds is 13. The van der Waals surface area contributed by atoms with Gasteiger partial charge in [0.15, 0.2) is 6.10 Å². The van der Waals surface area contributed by atoms with Crippen LogP contribution in [-0.2, 0) is 51.3 Å². The van der Waals surface area contributed by atoms with E-state index in [1.54, 1.807) is 0 Å². The summed E-state index contributed by atoms with van der Waals surface area (Å²) in [5.41, 5.74) is -0.302. The SMILES string of the molecule is CC(=O)O[C@H]1[C@H](Sc2ccccc2)O[C@@](COCc2ccccc2)(COS(C)(=O)=O)[C@H]1OCc1ccccc1. The van der Waals surface area contributed by atoms with E-state index in [1.807, 2.05) is 91.0 Å². The fraction of sp³-hybridized carbons (Fsp3) is 0.345. The summed E-state index contributed by atoms with van der Waals surface area (Å²) in [6.07, 6.45) is -0.805. The molecule has 39 heavy (non-hydrogen) atoms. The van der Waals surface area contributed by atoms with E-state index in [0.717, 1.165) is 22.3 Å². The fourth-order valence-corrected chi connectivity index (χ4v) is 5.81. The summed E-state index contributed by atoms with van der Waals surface area (Å²) in [6.45, 7) is 1.29. The summed E-state index contributed by atoms with van der Waals surface area (Å²) in [4.78, 5) is 13.1. The van der Waals surface area contributed by atoms with E-state index >= 15 is 0 Å². The van der Waals surface area contributed by atoms with Gasteiger partial charge in [-0.2, -0.15) is 8.42 Å². The van der Waals surface area contributed by atoms with Crippen molar-refractivity contribution in [1.82, 2.24) is 0 Å². The van der Waals surface area contributed by atoms with Gasteiger partial charge >= 0.3 is 5.97 Å². The number of hydrogen-bond donors (Lipinski definition) is 0. The summed E-state index contributed by atoms with van der Waals surface area (Å²) >= 11 is 1.35. The molecule has 0 aliphatic carbocycles. The van der Waals surface area contributed by atoms with Crippen LogP contribution in [0.15, 0.2) is 95.9 Å². The predicted molar refractivity (Wildman–Crippen MR) is 147 cm³/mol. The second-order valence-electron chi connectivity index (χ2n) is 9.22. The lowest BCUT2D eigenvalue weighted by molar-refractivity contribution is -0.166. The van der Waals surface area contributed by atoms with Gasteiger partial charge in [-0.1, -0.05) is 90.6 Å². The lowest BCUT2D eigenvalue weighted by atomic mass is 9.96. The number of thioether (sulfide) groups is 1. The molecule has 1 aliphatic rings. The van der Waals surface area contributed by atoms with E-state index in [1.165, 1.54) is 18.7 Å². The Morgan fingerprint density at radius 2 is 1.44 bits per heavy atom. The molecule has 0 N–H and O–H groups in total. The first kappa shape index (κ1) is 29.3. The van der Waals surface area contributed by atoms with Gasteiger partial charge in [-0.3, -0.25) is 8.98 Å². The molecule has 1 aliphatic heterocycles. The molecule has 4 rings (SSSR count). The molecule has 3 aromatic carbocycles. The second-order valence-corrected chi connectivity index (χ2v) is 12.0. The third-order valence-corrected chi connectivity index (χ3v) is 7.67. The largest absolute Gasteiger partial charge is 0.456 e. The van der Waals surface area contributed by atoms with Crippen LogP contribution in [0.2, 0.25) is 0 Å². The Morgan fingerprint density at radius 1 is 0.872 bits per heavy atom. The van der Waals surface area contributed by atoms with Crippen LogP contribution in [0.1, 0.15) is 18.1 Å². The molecule has 0 bridgehead atoms. The highest BCUT2D eigenvalue weighted by molar-refractivity contribution is 7.99. The molecule has 4 atom stereocenters. The van der Waals surface area contributed by atoms with Gasteiger partial charge in [0, 0.05) is 11.8 Å². The number of benzene rings is 3. The van der Waals surface area contributed by atoms with Crippen molar-refractivity contribution < 1.29 is 36.3 Å². The summed E-state index contributed by atoms with van der Waals surface area (Å²) in [7, 11) is -3.84. The standard InChI is InChI=1S/C29H32O8S2/c1-22(30)36-26-27(34-19-24-14-8-4-9-15-24)29(21-35-39(2,31)32,20-33-18-23-12-6-3-7-13-23)37-28(26)38-25-16-10-5-11-17-25/h3-17,26-28H,18-21H2,1-2H3/t26-,27+,28+,29+/m1/s1. The van der Waals surface area contributed by atoms with Gasteiger partial charge in [-0.25, -0.2) is 0 Å². The zero-order valence-corrected chi connectivity index (χ0v) is 23.4. The van der Waals surface area contributed by atoms with Gasteiger partial charge in [-0.15, -0.1) is 0 Å². The third-order valence-electron chi connectivity index (χ3n) is 5.98. The molecule has 0 spiro atoms. The highest BCUT2D eigenvalue weighted by Gasteiger charge is 2.59. The first-order chi connectivity index (χ1) is 18.7. The van der Waals surface area contributed by atoms with Gasteiger partial charge in [0.1, 0.15) is 23.7 Å².